The molecule has 1 aliphatic heterocycles. The number of aromatic nitrogens is 3. The van der Waals surface area contributed by atoms with Crippen molar-refractivity contribution < 1.29 is 23.1 Å². The van der Waals surface area contributed by atoms with Gasteiger partial charge in [0.1, 0.15) is 28.7 Å². The maximum absolute atomic E-state index is 13.0. The summed E-state index contributed by atoms with van der Waals surface area (Å²) in [6.07, 6.45) is -0.514. The normalized spacial score (nSPS) is 20.1. The number of carbonyl (C=O) groups excluding carboxylic acids is 1. The number of nitriles is 1. The van der Waals surface area contributed by atoms with E-state index in [1.54, 1.807) is 6.07 Å². The van der Waals surface area contributed by atoms with Crippen molar-refractivity contribution in [2.75, 3.05) is 18.4 Å². The van der Waals surface area contributed by atoms with Crippen molar-refractivity contribution in [1.29, 1.82) is 5.26 Å². The fraction of sp³-hybridized carbons (Fsp3) is 0.368. The molecule has 3 aromatic heterocycles. The van der Waals surface area contributed by atoms with Crippen LogP contribution in [0.5, 0.6) is 0 Å². The number of benzene rings is 2. The van der Waals surface area contributed by atoms with Crippen LogP contribution in [-0.4, -0.2) is 61.7 Å². The third kappa shape index (κ3) is 6.77. The summed E-state index contributed by atoms with van der Waals surface area (Å²) in [6, 6.07) is 17.7. The minimum absolute atomic E-state index is 0.0485. The average Bonchev–Trinajstić information content (AvgIpc) is 3.67. The Morgan fingerprint density at radius 1 is 1.16 bits per heavy atom. The molecule has 50 heavy (non-hydrogen) atoms. The number of allylic oxidation sites excluding steroid dienone is 1. The Labute approximate surface area is 291 Å². The summed E-state index contributed by atoms with van der Waals surface area (Å²) in [6.45, 7) is 8.08. The van der Waals surface area contributed by atoms with E-state index < -0.39 is 18.7 Å². The van der Waals surface area contributed by atoms with E-state index in [0.717, 1.165) is 71.4 Å². The number of hydrogen-bond acceptors (Lipinski definition) is 8. The summed E-state index contributed by atoms with van der Waals surface area (Å²) in [5, 5.41) is 26.6. The summed E-state index contributed by atoms with van der Waals surface area (Å²) in [4.78, 5) is 23.6. The number of aliphatic hydroxyl groups excluding tert-OH is 1. The zero-order valence-electron chi connectivity index (χ0n) is 27.6. The maximum atomic E-state index is 13.0. The van der Waals surface area contributed by atoms with E-state index in [1.165, 1.54) is 18.0 Å². The second kappa shape index (κ2) is 13.6. The highest BCUT2D eigenvalue weighted by Gasteiger charge is 2.43. The van der Waals surface area contributed by atoms with Crippen LogP contribution in [0.1, 0.15) is 64.0 Å². The summed E-state index contributed by atoms with van der Waals surface area (Å²) >= 11 is 1.05. The van der Waals surface area contributed by atoms with Gasteiger partial charge in [-0.1, -0.05) is 36.9 Å². The molecule has 4 heterocycles. The van der Waals surface area contributed by atoms with E-state index in [2.05, 4.69) is 51.9 Å². The van der Waals surface area contributed by atoms with Crippen LogP contribution in [0.2, 0.25) is 0 Å². The van der Waals surface area contributed by atoms with Gasteiger partial charge in [-0.15, -0.1) is 11.3 Å². The van der Waals surface area contributed by atoms with Crippen LogP contribution < -0.4 is 5.32 Å². The van der Waals surface area contributed by atoms with Gasteiger partial charge >= 0.3 is 6.18 Å². The van der Waals surface area contributed by atoms with Crippen LogP contribution in [0.25, 0.3) is 21.1 Å². The van der Waals surface area contributed by atoms with Gasteiger partial charge in [0.15, 0.2) is 5.78 Å². The minimum Gasteiger partial charge on any atom is -0.390 e. The van der Waals surface area contributed by atoms with Gasteiger partial charge in [-0.3, -0.25) is 9.69 Å². The lowest BCUT2D eigenvalue weighted by Crippen LogP contribution is -2.42. The zero-order chi connectivity index (χ0) is 35.2. The van der Waals surface area contributed by atoms with Crippen molar-refractivity contribution in [3.63, 3.8) is 0 Å². The Morgan fingerprint density at radius 2 is 1.96 bits per heavy atom. The van der Waals surface area contributed by atoms with Crippen molar-refractivity contribution in [3.8, 4) is 6.07 Å². The molecule has 2 aliphatic rings. The van der Waals surface area contributed by atoms with E-state index in [9.17, 15) is 28.3 Å². The van der Waals surface area contributed by atoms with Crippen molar-refractivity contribution in [2.45, 2.75) is 75.9 Å². The molecule has 7 rings (SSSR count). The van der Waals surface area contributed by atoms with Crippen LogP contribution in [-0.2, 0) is 24.2 Å². The number of anilines is 1. The summed E-state index contributed by atoms with van der Waals surface area (Å²) < 4.78 is 40.9. The molecule has 0 spiro atoms. The first kappa shape index (κ1) is 33.9. The first-order chi connectivity index (χ1) is 24.0. The van der Waals surface area contributed by atoms with Crippen molar-refractivity contribution in [1.82, 2.24) is 19.4 Å². The highest BCUT2D eigenvalue weighted by molar-refractivity contribution is 7.18. The molecule has 1 saturated heterocycles. The molecule has 3 atom stereocenters. The van der Waals surface area contributed by atoms with E-state index in [4.69, 9.17) is 0 Å². The highest BCUT2D eigenvalue weighted by Crippen LogP contribution is 2.47. The van der Waals surface area contributed by atoms with Crippen molar-refractivity contribution in [3.05, 3.63) is 100 Å². The summed E-state index contributed by atoms with van der Waals surface area (Å²) in [5.74, 6) is 0.444. The predicted octanol–water partition coefficient (Wildman–Crippen LogP) is 7.39. The number of likely N-dealkylation sites (tertiary alicyclic amines) is 1. The fourth-order valence-electron chi connectivity index (χ4n) is 7.49. The largest absolute Gasteiger partial charge is 0.393 e. The SMILES string of the molecule is C=CC(=O)Cc1cccc(C2CC(n3c(C#N)cc4c(C)c(CN5CCC(Nc6ncnc7sc(CC(F)(F)F)cc67)CC5)ccc43)C2O)c1. The molecule has 1 aliphatic carbocycles. The van der Waals surface area contributed by atoms with Crippen LogP contribution in [0.15, 0.2) is 67.5 Å². The smallest absolute Gasteiger partial charge is 0.390 e. The van der Waals surface area contributed by atoms with Crippen molar-refractivity contribution >= 4 is 44.1 Å². The molecule has 1 saturated carbocycles. The number of nitrogens with zero attached hydrogens (tertiary/aromatic N) is 5. The van der Waals surface area contributed by atoms with Crippen LogP contribution in [0.3, 0.4) is 0 Å². The Balaban J connectivity index is 1.01. The lowest BCUT2D eigenvalue weighted by atomic mass is 9.72. The van der Waals surface area contributed by atoms with Crippen LogP contribution in [0.4, 0.5) is 19.0 Å². The lowest BCUT2D eigenvalue weighted by Gasteiger charge is -2.43. The molecule has 8 nitrogen and oxygen atoms in total. The molecule has 12 heteroatoms. The standard InChI is InChI=1S/C38H37F3N6O2S/c1-3-28(48)14-23-5-4-6-24(13-23)31-17-34(35(31)49)47-27(19-42)15-30-22(2)25(7-8-33(30)47)20-46-11-9-26(10-12-46)45-36-32-16-29(18-38(39,40)41)50-37(32)44-21-43-36/h3-8,13,15-16,21,26,31,34-35,49H,1,9-12,14,17-18,20H2,2H3,(H,43,44,45). The number of carbonyl (C=O) groups is 1. The minimum atomic E-state index is -4.27. The third-order valence-corrected chi connectivity index (χ3v) is 11.3. The summed E-state index contributed by atoms with van der Waals surface area (Å²) in [7, 11) is 0. The molecule has 0 radical (unpaired) electrons. The van der Waals surface area contributed by atoms with Gasteiger partial charge in [0.25, 0.3) is 0 Å². The van der Waals surface area contributed by atoms with Gasteiger partial charge in [-0.25, -0.2) is 9.97 Å². The fourth-order valence-corrected chi connectivity index (χ4v) is 8.51. The Hall–Kier alpha value is -4.57. The number of halogens is 3. The Kier molecular flexibility index (Phi) is 9.24. The molecule has 0 bridgehead atoms. The van der Waals surface area contributed by atoms with Crippen molar-refractivity contribution in [2.24, 2.45) is 0 Å². The molecule has 3 unspecified atom stereocenters. The van der Waals surface area contributed by atoms with Gasteiger partial charge in [-0.05, 0) is 72.7 Å². The lowest BCUT2D eigenvalue weighted by molar-refractivity contribution is -0.126. The number of aliphatic hydroxyl groups is 1. The molecule has 0 amide bonds. The number of thiophene rings is 1. The number of nitrogens with one attached hydrogen (secondary N) is 1. The highest BCUT2D eigenvalue weighted by atomic mass is 32.1. The molecule has 2 fully saturated rings. The molecule has 5 aromatic rings. The number of hydrogen-bond donors (Lipinski definition) is 2. The van der Waals surface area contributed by atoms with Crippen LogP contribution >= 0.6 is 11.3 Å². The Bertz CT molecular complexity index is 2120. The van der Waals surface area contributed by atoms with Gasteiger partial charge in [-0.2, -0.15) is 18.4 Å². The number of aryl methyl sites for hydroxylation is 1. The van der Waals surface area contributed by atoms with E-state index in [1.807, 2.05) is 34.9 Å². The van der Waals surface area contributed by atoms with Gasteiger partial charge in [0.05, 0.1) is 24.0 Å². The Morgan fingerprint density at radius 3 is 2.68 bits per heavy atom. The quantitative estimate of drug-likeness (QED) is 0.147. The first-order valence-electron chi connectivity index (χ1n) is 16.8. The van der Waals surface area contributed by atoms with Crippen LogP contribution in [0, 0.1) is 18.3 Å². The second-order valence-electron chi connectivity index (χ2n) is 13.4. The number of ketones is 1. The van der Waals surface area contributed by atoms with Gasteiger partial charge in [0, 0.05) is 53.8 Å². The van der Waals surface area contributed by atoms with E-state index in [0.29, 0.717) is 28.1 Å². The molecular formula is C38H37F3N6O2S. The van der Waals surface area contributed by atoms with Gasteiger partial charge < -0.3 is 15.0 Å². The molecule has 2 N–H and O–H groups in total. The number of piperidine rings is 1. The summed E-state index contributed by atoms with van der Waals surface area (Å²) in [5.41, 5.74) is 5.62. The molecular weight excluding hydrogens is 662 g/mol. The predicted molar refractivity (Wildman–Crippen MR) is 188 cm³/mol. The topological polar surface area (TPSA) is 107 Å². The second-order valence-corrected chi connectivity index (χ2v) is 14.5. The van der Waals surface area contributed by atoms with E-state index in [-0.39, 0.29) is 35.1 Å². The molecule has 258 valence electrons. The van der Waals surface area contributed by atoms with Gasteiger partial charge in [0.2, 0.25) is 0 Å². The third-order valence-electron chi connectivity index (χ3n) is 10.2. The number of fused-ring (bicyclic) bond motifs is 2. The average molecular weight is 699 g/mol. The monoisotopic (exact) mass is 698 g/mol. The zero-order valence-corrected chi connectivity index (χ0v) is 28.4. The number of rotatable bonds is 10. The first-order valence-corrected chi connectivity index (χ1v) is 17.6. The number of alkyl halides is 3. The van der Waals surface area contributed by atoms with E-state index >= 15 is 0 Å². The maximum Gasteiger partial charge on any atom is 0.393 e. The molecule has 2 aromatic carbocycles.